The number of nitrogens with one attached hydrogen (secondary N) is 1. The molecule has 0 spiro atoms. The molecule has 174 valence electrons. The second-order valence-corrected chi connectivity index (χ2v) is 9.02. The summed E-state index contributed by atoms with van der Waals surface area (Å²) in [5.41, 5.74) is 7.63. The Bertz CT molecular complexity index is 1240. The summed E-state index contributed by atoms with van der Waals surface area (Å²) in [7, 11) is 0. The summed E-state index contributed by atoms with van der Waals surface area (Å²) in [5, 5.41) is 11.2. The molecule has 0 radical (unpaired) electrons. The molecule has 0 fully saturated rings. The average Bonchev–Trinajstić information content (AvgIpc) is 3.12. The van der Waals surface area contributed by atoms with Gasteiger partial charge in [0.2, 0.25) is 0 Å². The summed E-state index contributed by atoms with van der Waals surface area (Å²) < 4.78 is 5.20. The van der Waals surface area contributed by atoms with Crippen LogP contribution in [0, 0.1) is 5.41 Å². The highest BCUT2D eigenvalue weighted by Gasteiger charge is 2.19. The maximum absolute atomic E-state index is 11.7. The molecule has 1 N–H and O–H groups in total. The summed E-state index contributed by atoms with van der Waals surface area (Å²) in [6.45, 7) is 4.37. The van der Waals surface area contributed by atoms with Gasteiger partial charge < -0.3 is 9.64 Å². The van der Waals surface area contributed by atoms with Crippen LogP contribution in [0.15, 0.2) is 89.8 Å². The first kappa shape index (κ1) is 23.5. The van der Waals surface area contributed by atoms with Crippen molar-refractivity contribution in [3.63, 3.8) is 0 Å². The summed E-state index contributed by atoms with van der Waals surface area (Å²) in [5.74, 6) is 0.370. The zero-order valence-electron chi connectivity index (χ0n) is 20.0. The molecule has 4 rings (SSSR count). The standard InChI is InChI=1S/C30H32N2O2/c1-22(2)34-30(33)14-5-3-4-10-23-15-18-28-27(13-8-9-19-32(28)29(31)20-23)26-17-16-24-11-6-7-12-25(24)21-26/h6-7,9,11-13,15-18,20-22,31H,3-5,10,14,19H2,1-2H3. The van der Waals surface area contributed by atoms with Crippen molar-refractivity contribution in [3.8, 4) is 0 Å². The lowest BCUT2D eigenvalue weighted by Gasteiger charge is -2.23. The van der Waals surface area contributed by atoms with Gasteiger partial charge in [-0.05, 0) is 85.4 Å². The van der Waals surface area contributed by atoms with Crippen LogP contribution in [0.25, 0.3) is 16.3 Å². The van der Waals surface area contributed by atoms with Crippen LogP contribution >= 0.6 is 0 Å². The lowest BCUT2D eigenvalue weighted by atomic mass is 9.99. The minimum Gasteiger partial charge on any atom is -0.463 e. The number of nitrogens with zero attached hydrogens (tertiary/aromatic N) is 1. The number of rotatable bonds is 8. The molecule has 0 unspecified atom stereocenters. The average molecular weight is 453 g/mol. The molecule has 2 aliphatic rings. The Morgan fingerprint density at radius 2 is 1.91 bits per heavy atom. The van der Waals surface area contributed by atoms with Crippen molar-refractivity contribution in [1.82, 2.24) is 4.90 Å². The summed E-state index contributed by atoms with van der Waals surface area (Å²) in [6, 6.07) is 14.9. The number of carbonyl (C=O) groups is 1. The molecule has 0 saturated heterocycles. The van der Waals surface area contributed by atoms with Crippen LogP contribution in [0.5, 0.6) is 0 Å². The normalized spacial score (nSPS) is 15.4. The van der Waals surface area contributed by atoms with Crippen molar-refractivity contribution in [2.24, 2.45) is 0 Å². The number of esters is 1. The van der Waals surface area contributed by atoms with Crippen LogP contribution in [-0.4, -0.2) is 29.4 Å². The first-order valence-electron chi connectivity index (χ1n) is 12.1. The fraction of sp³-hybridized carbons (Fsp3) is 0.300. The van der Waals surface area contributed by atoms with Gasteiger partial charge >= 0.3 is 5.97 Å². The van der Waals surface area contributed by atoms with Crippen LogP contribution in [-0.2, 0) is 9.53 Å². The summed E-state index contributed by atoms with van der Waals surface area (Å²) in [4.78, 5) is 13.7. The van der Waals surface area contributed by atoms with E-state index < -0.39 is 0 Å². The van der Waals surface area contributed by atoms with E-state index in [1.165, 1.54) is 10.8 Å². The predicted molar refractivity (Wildman–Crippen MR) is 139 cm³/mol. The van der Waals surface area contributed by atoms with E-state index in [1.54, 1.807) is 0 Å². The van der Waals surface area contributed by atoms with E-state index in [2.05, 4.69) is 60.3 Å². The SMILES string of the molecule is CC(C)OC(=O)CCCCCC1=CC(=N)N2CC=C=CC(c3ccc4ccccc4c3)=C2C=C1. The van der Waals surface area contributed by atoms with Crippen LogP contribution in [0.3, 0.4) is 0 Å². The second-order valence-electron chi connectivity index (χ2n) is 9.02. The van der Waals surface area contributed by atoms with Gasteiger partial charge in [0.25, 0.3) is 0 Å². The zero-order chi connectivity index (χ0) is 23.9. The molecule has 2 aliphatic heterocycles. The fourth-order valence-electron chi connectivity index (χ4n) is 4.34. The number of unbranched alkanes of at least 4 members (excludes halogenated alkanes) is 2. The summed E-state index contributed by atoms with van der Waals surface area (Å²) >= 11 is 0. The molecule has 4 nitrogen and oxygen atoms in total. The van der Waals surface area contributed by atoms with Crippen molar-refractivity contribution >= 4 is 28.2 Å². The Labute approximate surface area is 202 Å². The van der Waals surface area contributed by atoms with Gasteiger partial charge in [0.15, 0.2) is 0 Å². The molecular formula is C30H32N2O2. The number of allylic oxidation sites excluding steroid dienone is 4. The largest absolute Gasteiger partial charge is 0.463 e. The van der Waals surface area contributed by atoms with Gasteiger partial charge in [0, 0.05) is 12.0 Å². The maximum Gasteiger partial charge on any atom is 0.306 e. The Balaban J connectivity index is 1.49. The highest BCUT2D eigenvalue weighted by Crippen LogP contribution is 2.30. The Kier molecular flexibility index (Phi) is 7.61. The quantitative estimate of drug-likeness (QED) is 0.268. The van der Waals surface area contributed by atoms with Gasteiger partial charge in [-0.2, -0.15) is 0 Å². The molecule has 2 aromatic carbocycles. The molecule has 4 heteroatoms. The van der Waals surface area contributed by atoms with Gasteiger partial charge in [0.1, 0.15) is 5.84 Å². The molecule has 2 aromatic rings. The van der Waals surface area contributed by atoms with Gasteiger partial charge in [-0.1, -0.05) is 48.9 Å². The van der Waals surface area contributed by atoms with Crippen molar-refractivity contribution in [2.75, 3.05) is 6.54 Å². The zero-order valence-corrected chi connectivity index (χ0v) is 20.0. The third kappa shape index (κ3) is 5.84. The minimum absolute atomic E-state index is 0.0546. The smallest absolute Gasteiger partial charge is 0.306 e. The predicted octanol–water partition coefficient (Wildman–Crippen LogP) is 6.95. The topological polar surface area (TPSA) is 53.4 Å². The van der Waals surface area contributed by atoms with E-state index in [9.17, 15) is 4.79 Å². The number of hydrogen-bond donors (Lipinski definition) is 1. The van der Waals surface area contributed by atoms with Crippen LogP contribution in [0.1, 0.15) is 51.5 Å². The molecule has 0 aliphatic carbocycles. The first-order chi connectivity index (χ1) is 16.5. The first-order valence-corrected chi connectivity index (χ1v) is 12.1. The fourth-order valence-corrected chi connectivity index (χ4v) is 4.34. The van der Waals surface area contributed by atoms with Gasteiger partial charge in [-0.15, -0.1) is 5.73 Å². The van der Waals surface area contributed by atoms with Crippen LogP contribution < -0.4 is 0 Å². The molecule has 0 aromatic heterocycles. The summed E-state index contributed by atoms with van der Waals surface area (Å²) in [6.07, 6.45) is 14.3. The highest BCUT2D eigenvalue weighted by molar-refractivity contribution is 5.97. The van der Waals surface area contributed by atoms with E-state index >= 15 is 0 Å². The number of carbonyl (C=O) groups excluding carboxylic acids is 1. The Morgan fingerprint density at radius 3 is 2.74 bits per heavy atom. The van der Waals surface area contributed by atoms with Gasteiger partial charge in [-0.3, -0.25) is 10.2 Å². The molecule has 0 amide bonds. The second kappa shape index (κ2) is 11.0. The van der Waals surface area contributed by atoms with E-state index in [0.717, 1.165) is 48.1 Å². The van der Waals surface area contributed by atoms with Gasteiger partial charge in [0.05, 0.1) is 18.3 Å². The third-order valence-electron chi connectivity index (χ3n) is 6.03. The maximum atomic E-state index is 11.7. The third-order valence-corrected chi connectivity index (χ3v) is 6.03. The van der Waals surface area contributed by atoms with Crippen molar-refractivity contribution < 1.29 is 9.53 Å². The monoisotopic (exact) mass is 452 g/mol. The van der Waals surface area contributed by atoms with Crippen LogP contribution in [0.4, 0.5) is 0 Å². The molecule has 0 atom stereocenters. The lowest BCUT2D eigenvalue weighted by Crippen LogP contribution is -2.27. The lowest BCUT2D eigenvalue weighted by molar-refractivity contribution is -0.147. The molecule has 0 bridgehead atoms. The molecular weight excluding hydrogens is 420 g/mol. The van der Waals surface area contributed by atoms with Crippen molar-refractivity contribution in [1.29, 1.82) is 5.41 Å². The number of fused-ring (bicyclic) bond motifs is 2. The number of benzene rings is 2. The van der Waals surface area contributed by atoms with Crippen molar-refractivity contribution in [2.45, 2.75) is 52.1 Å². The van der Waals surface area contributed by atoms with E-state index in [4.69, 9.17) is 10.1 Å². The number of ether oxygens (including phenoxy) is 1. The number of amidine groups is 1. The Hall–Kier alpha value is -3.62. The van der Waals surface area contributed by atoms with Crippen molar-refractivity contribution in [3.05, 3.63) is 95.4 Å². The molecule has 34 heavy (non-hydrogen) atoms. The van der Waals surface area contributed by atoms with E-state index in [-0.39, 0.29) is 12.1 Å². The van der Waals surface area contributed by atoms with Gasteiger partial charge in [-0.25, -0.2) is 0 Å². The number of hydrogen-bond acceptors (Lipinski definition) is 3. The van der Waals surface area contributed by atoms with Crippen LogP contribution in [0.2, 0.25) is 0 Å². The minimum atomic E-state index is -0.118. The molecule has 0 saturated carbocycles. The highest BCUT2D eigenvalue weighted by atomic mass is 16.5. The van der Waals surface area contributed by atoms with E-state index in [0.29, 0.717) is 18.8 Å². The van der Waals surface area contributed by atoms with E-state index in [1.807, 2.05) is 37.0 Å². The molecule has 2 heterocycles. The Morgan fingerprint density at radius 1 is 1.09 bits per heavy atom.